The van der Waals surface area contributed by atoms with Crippen molar-refractivity contribution < 1.29 is 14.6 Å². The van der Waals surface area contributed by atoms with E-state index in [1.165, 1.54) is 7.11 Å². The van der Waals surface area contributed by atoms with Gasteiger partial charge in [0.1, 0.15) is 6.23 Å². The maximum atomic E-state index is 11.5. The number of esters is 1. The van der Waals surface area contributed by atoms with Crippen molar-refractivity contribution in [3.63, 3.8) is 0 Å². The summed E-state index contributed by atoms with van der Waals surface area (Å²) in [6.07, 6.45) is -0.692. The van der Waals surface area contributed by atoms with Crippen LogP contribution < -0.4 is 5.32 Å². The number of ether oxygens (including phenoxy) is 1. The van der Waals surface area contributed by atoms with Crippen molar-refractivity contribution >= 4 is 27.6 Å². The number of anilines is 1. The minimum Gasteiger partial charge on any atom is -0.465 e. The SMILES string of the molecule is COC(=O)c1ccc(Br)c(NC(C)O)c1C. The summed E-state index contributed by atoms with van der Waals surface area (Å²) in [6.45, 7) is 3.40. The summed E-state index contributed by atoms with van der Waals surface area (Å²) >= 11 is 3.36. The summed E-state index contributed by atoms with van der Waals surface area (Å²) < 4.78 is 5.46. The summed E-state index contributed by atoms with van der Waals surface area (Å²) in [6, 6.07) is 3.42. The number of methoxy groups -OCH3 is 1. The van der Waals surface area contributed by atoms with Crippen LogP contribution >= 0.6 is 15.9 Å². The van der Waals surface area contributed by atoms with Crippen LogP contribution in [0.2, 0.25) is 0 Å². The van der Waals surface area contributed by atoms with Gasteiger partial charge in [0.05, 0.1) is 18.4 Å². The lowest BCUT2D eigenvalue weighted by Gasteiger charge is -2.16. The van der Waals surface area contributed by atoms with E-state index in [1.807, 2.05) is 0 Å². The summed E-state index contributed by atoms with van der Waals surface area (Å²) in [5.41, 5.74) is 1.91. The van der Waals surface area contributed by atoms with Crippen molar-refractivity contribution in [1.29, 1.82) is 0 Å². The highest BCUT2D eigenvalue weighted by molar-refractivity contribution is 9.10. The Balaban J connectivity index is 3.21. The van der Waals surface area contributed by atoms with Crippen LogP contribution in [-0.2, 0) is 4.74 Å². The average Bonchev–Trinajstić information content (AvgIpc) is 2.23. The van der Waals surface area contributed by atoms with Gasteiger partial charge in [-0.3, -0.25) is 0 Å². The van der Waals surface area contributed by atoms with Gasteiger partial charge in [0.25, 0.3) is 0 Å². The van der Waals surface area contributed by atoms with Gasteiger partial charge in [0, 0.05) is 4.47 Å². The fraction of sp³-hybridized carbons (Fsp3) is 0.364. The lowest BCUT2D eigenvalue weighted by atomic mass is 10.1. The van der Waals surface area contributed by atoms with Gasteiger partial charge in [-0.15, -0.1) is 0 Å². The molecule has 0 heterocycles. The van der Waals surface area contributed by atoms with E-state index in [-0.39, 0.29) is 0 Å². The number of carbonyl (C=O) groups is 1. The maximum absolute atomic E-state index is 11.5. The topological polar surface area (TPSA) is 58.6 Å². The molecule has 0 saturated carbocycles. The largest absolute Gasteiger partial charge is 0.465 e. The number of hydrogen-bond donors (Lipinski definition) is 2. The van der Waals surface area contributed by atoms with Crippen LogP contribution in [0.3, 0.4) is 0 Å². The molecule has 2 N–H and O–H groups in total. The summed E-state index contributed by atoms with van der Waals surface area (Å²) in [7, 11) is 1.34. The minimum absolute atomic E-state index is 0.390. The molecule has 0 bridgehead atoms. The number of carbonyl (C=O) groups excluding carboxylic acids is 1. The van der Waals surface area contributed by atoms with Crippen molar-refractivity contribution in [1.82, 2.24) is 0 Å². The Kier molecular flexibility index (Phi) is 4.32. The highest BCUT2D eigenvalue weighted by atomic mass is 79.9. The second-order valence-corrected chi connectivity index (χ2v) is 4.26. The normalized spacial score (nSPS) is 12.1. The number of aliphatic hydroxyl groups is 1. The molecule has 0 amide bonds. The highest BCUT2D eigenvalue weighted by Gasteiger charge is 2.15. The van der Waals surface area contributed by atoms with Gasteiger partial charge in [0.2, 0.25) is 0 Å². The zero-order valence-electron chi connectivity index (χ0n) is 9.37. The average molecular weight is 288 g/mol. The first-order valence-corrected chi connectivity index (χ1v) is 5.58. The Labute approximate surface area is 103 Å². The lowest BCUT2D eigenvalue weighted by molar-refractivity contribution is 0.0600. The molecule has 1 rings (SSSR count). The number of hydrogen-bond acceptors (Lipinski definition) is 4. The van der Waals surface area contributed by atoms with Crippen molar-refractivity contribution in [2.24, 2.45) is 0 Å². The van der Waals surface area contributed by atoms with E-state index >= 15 is 0 Å². The number of aliphatic hydroxyl groups excluding tert-OH is 1. The first-order chi connectivity index (χ1) is 7.47. The Bertz CT molecular complexity index is 404. The molecule has 0 spiro atoms. The first-order valence-electron chi connectivity index (χ1n) is 4.79. The second-order valence-electron chi connectivity index (χ2n) is 3.41. The van der Waals surface area contributed by atoms with E-state index in [0.717, 1.165) is 10.0 Å². The molecule has 0 aliphatic heterocycles. The molecule has 88 valence electrons. The molecule has 0 radical (unpaired) electrons. The standard InChI is InChI=1S/C11H14BrNO3/c1-6-8(11(15)16-3)4-5-9(12)10(6)13-7(2)14/h4-5,7,13-14H,1-3H3. The third-order valence-electron chi connectivity index (χ3n) is 2.17. The molecular weight excluding hydrogens is 274 g/mol. The Hall–Kier alpha value is -1.07. The maximum Gasteiger partial charge on any atom is 0.338 e. The van der Waals surface area contributed by atoms with Crippen molar-refractivity contribution in [2.45, 2.75) is 20.1 Å². The van der Waals surface area contributed by atoms with E-state index in [9.17, 15) is 9.90 Å². The van der Waals surface area contributed by atoms with Gasteiger partial charge in [-0.05, 0) is 47.5 Å². The molecule has 0 aliphatic carbocycles. The Morgan fingerprint density at radius 1 is 1.56 bits per heavy atom. The number of nitrogens with one attached hydrogen (secondary N) is 1. The number of rotatable bonds is 3. The lowest BCUT2D eigenvalue weighted by Crippen LogP contribution is -2.16. The fourth-order valence-corrected chi connectivity index (χ4v) is 1.94. The predicted octanol–water partition coefficient (Wildman–Crippen LogP) is 2.29. The van der Waals surface area contributed by atoms with Crippen molar-refractivity contribution in [3.05, 3.63) is 27.7 Å². The van der Waals surface area contributed by atoms with Crippen LogP contribution in [0.4, 0.5) is 5.69 Å². The van der Waals surface area contributed by atoms with Crippen LogP contribution in [0, 0.1) is 6.92 Å². The highest BCUT2D eigenvalue weighted by Crippen LogP contribution is 2.29. The Morgan fingerprint density at radius 3 is 2.69 bits per heavy atom. The molecule has 1 unspecified atom stereocenters. The van der Waals surface area contributed by atoms with E-state index in [1.54, 1.807) is 26.0 Å². The van der Waals surface area contributed by atoms with Crippen LogP contribution in [0.1, 0.15) is 22.8 Å². The van der Waals surface area contributed by atoms with E-state index in [4.69, 9.17) is 0 Å². The van der Waals surface area contributed by atoms with Crippen LogP contribution in [0.15, 0.2) is 16.6 Å². The second kappa shape index (κ2) is 5.32. The fourth-order valence-electron chi connectivity index (χ4n) is 1.40. The molecule has 0 aliphatic rings. The van der Waals surface area contributed by atoms with Crippen LogP contribution in [0.25, 0.3) is 0 Å². The molecule has 4 nitrogen and oxygen atoms in total. The van der Waals surface area contributed by atoms with Gasteiger partial charge in [-0.2, -0.15) is 0 Å². The van der Waals surface area contributed by atoms with Crippen molar-refractivity contribution in [3.8, 4) is 0 Å². The zero-order chi connectivity index (χ0) is 12.3. The molecule has 1 aromatic rings. The zero-order valence-corrected chi connectivity index (χ0v) is 11.0. The third-order valence-corrected chi connectivity index (χ3v) is 2.83. The molecule has 1 atom stereocenters. The number of benzene rings is 1. The van der Waals surface area contributed by atoms with Crippen molar-refractivity contribution in [2.75, 3.05) is 12.4 Å². The third kappa shape index (κ3) is 2.74. The predicted molar refractivity (Wildman–Crippen MR) is 65.5 cm³/mol. The summed E-state index contributed by atoms with van der Waals surface area (Å²) in [4.78, 5) is 11.5. The van der Waals surface area contributed by atoms with Gasteiger partial charge in [-0.1, -0.05) is 0 Å². The van der Waals surface area contributed by atoms with Gasteiger partial charge in [0.15, 0.2) is 0 Å². The first kappa shape index (κ1) is 13.0. The molecule has 0 fully saturated rings. The van der Waals surface area contributed by atoms with E-state index in [0.29, 0.717) is 11.3 Å². The quantitative estimate of drug-likeness (QED) is 0.662. The van der Waals surface area contributed by atoms with Gasteiger partial charge < -0.3 is 15.2 Å². The van der Waals surface area contributed by atoms with Gasteiger partial charge >= 0.3 is 5.97 Å². The summed E-state index contributed by atoms with van der Waals surface area (Å²) in [5, 5.41) is 12.2. The molecule has 1 aromatic carbocycles. The van der Waals surface area contributed by atoms with E-state index < -0.39 is 12.2 Å². The number of halogens is 1. The molecule has 0 saturated heterocycles. The molecule has 5 heteroatoms. The van der Waals surface area contributed by atoms with Crippen LogP contribution in [-0.4, -0.2) is 24.4 Å². The summed E-state index contributed by atoms with van der Waals surface area (Å²) in [5.74, 6) is -0.390. The minimum atomic E-state index is -0.692. The van der Waals surface area contributed by atoms with Gasteiger partial charge in [-0.25, -0.2) is 4.79 Å². The smallest absolute Gasteiger partial charge is 0.338 e. The molecular formula is C11H14BrNO3. The Morgan fingerprint density at radius 2 is 2.19 bits per heavy atom. The monoisotopic (exact) mass is 287 g/mol. The van der Waals surface area contributed by atoms with Crippen LogP contribution in [0.5, 0.6) is 0 Å². The van der Waals surface area contributed by atoms with E-state index in [2.05, 4.69) is 26.0 Å². The molecule has 0 aromatic heterocycles. The molecule has 16 heavy (non-hydrogen) atoms.